The number of nitrogens with zero attached hydrogens (tertiary/aromatic N) is 1. The van der Waals surface area contributed by atoms with Gasteiger partial charge in [0.05, 0.1) is 4.90 Å². The zero-order chi connectivity index (χ0) is 12.8. The molecule has 1 aromatic carbocycles. The molecule has 1 heterocycles. The van der Waals surface area contributed by atoms with Gasteiger partial charge in [0.25, 0.3) is 9.05 Å². The molecule has 1 saturated carbocycles. The highest BCUT2D eigenvalue weighted by Crippen LogP contribution is 2.53. The molecule has 2 fully saturated rings. The molecule has 0 radical (unpaired) electrons. The second-order valence-corrected chi connectivity index (χ2v) is 7.99. The highest BCUT2D eigenvalue weighted by atomic mass is 35.7. The first-order valence-corrected chi connectivity index (χ1v) is 8.59. The summed E-state index contributed by atoms with van der Waals surface area (Å²) in [6.45, 7) is 2.04. The van der Waals surface area contributed by atoms with E-state index < -0.39 is 9.05 Å². The minimum atomic E-state index is -3.63. The zero-order valence-electron chi connectivity index (χ0n) is 10.1. The van der Waals surface area contributed by atoms with Gasteiger partial charge in [0.1, 0.15) is 0 Å². The monoisotopic (exact) mass is 285 g/mol. The second kappa shape index (κ2) is 4.14. The van der Waals surface area contributed by atoms with Crippen molar-refractivity contribution in [2.24, 2.45) is 5.41 Å². The predicted octanol–water partition coefficient (Wildman–Crippen LogP) is 2.99. The quantitative estimate of drug-likeness (QED) is 0.784. The molecule has 0 bridgehead atoms. The number of anilines is 1. The summed E-state index contributed by atoms with van der Waals surface area (Å²) in [5.74, 6) is 0. The van der Waals surface area contributed by atoms with Crippen molar-refractivity contribution in [3.8, 4) is 0 Å². The highest BCUT2D eigenvalue weighted by Gasteiger charge is 2.44. The Kier molecular flexibility index (Phi) is 2.83. The van der Waals surface area contributed by atoms with E-state index in [0.29, 0.717) is 5.41 Å². The minimum Gasteiger partial charge on any atom is -0.371 e. The molecule has 1 aliphatic heterocycles. The molecule has 0 atom stereocenters. The number of piperidine rings is 1. The van der Waals surface area contributed by atoms with E-state index in [1.807, 2.05) is 6.07 Å². The number of benzene rings is 1. The number of hydrogen-bond donors (Lipinski definition) is 0. The van der Waals surface area contributed by atoms with E-state index in [2.05, 4.69) is 4.90 Å². The Labute approximate surface area is 112 Å². The smallest absolute Gasteiger partial charge is 0.261 e. The van der Waals surface area contributed by atoms with E-state index in [9.17, 15) is 8.42 Å². The van der Waals surface area contributed by atoms with Crippen molar-refractivity contribution in [1.29, 1.82) is 0 Å². The van der Waals surface area contributed by atoms with Crippen LogP contribution in [0.4, 0.5) is 5.69 Å². The highest BCUT2D eigenvalue weighted by molar-refractivity contribution is 8.13. The van der Waals surface area contributed by atoms with Gasteiger partial charge in [0.2, 0.25) is 0 Å². The van der Waals surface area contributed by atoms with Gasteiger partial charge in [-0.2, -0.15) is 0 Å². The van der Waals surface area contributed by atoms with Crippen LogP contribution in [0.5, 0.6) is 0 Å². The fourth-order valence-electron chi connectivity index (χ4n) is 2.75. The lowest BCUT2D eigenvalue weighted by Crippen LogP contribution is -2.34. The maximum atomic E-state index is 11.3. The zero-order valence-corrected chi connectivity index (χ0v) is 11.7. The van der Waals surface area contributed by atoms with E-state index in [1.54, 1.807) is 12.1 Å². The Balaban J connectivity index is 1.80. The van der Waals surface area contributed by atoms with Gasteiger partial charge in [-0.05, 0) is 49.3 Å². The van der Waals surface area contributed by atoms with E-state index in [0.717, 1.165) is 18.8 Å². The molecule has 1 aromatic rings. The molecule has 98 valence electrons. The maximum Gasteiger partial charge on any atom is 0.261 e. The van der Waals surface area contributed by atoms with Gasteiger partial charge in [-0.1, -0.05) is 6.07 Å². The van der Waals surface area contributed by atoms with E-state index in [-0.39, 0.29) is 4.90 Å². The Bertz CT molecular complexity index is 556. The van der Waals surface area contributed by atoms with Crippen LogP contribution in [0, 0.1) is 5.41 Å². The molecule has 0 aromatic heterocycles. The summed E-state index contributed by atoms with van der Waals surface area (Å²) in [7, 11) is 1.75. The van der Waals surface area contributed by atoms with E-state index >= 15 is 0 Å². The first-order valence-electron chi connectivity index (χ1n) is 6.28. The lowest BCUT2D eigenvalue weighted by Gasteiger charge is -2.34. The van der Waals surface area contributed by atoms with Gasteiger partial charge in [-0.25, -0.2) is 8.42 Å². The van der Waals surface area contributed by atoms with Crippen molar-refractivity contribution in [2.45, 2.75) is 30.6 Å². The van der Waals surface area contributed by atoms with E-state index in [4.69, 9.17) is 10.7 Å². The van der Waals surface area contributed by atoms with Gasteiger partial charge < -0.3 is 4.90 Å². The third kappa shape index (κ3) is 2.36. The van der Waals surface area contributed by atoms with Crippen LogP contribution < -0.4 is 4.90 Å². The maximum absolute atomic E-state index is 11.3. The molecule has 3 nitrogen and oxygen atoms in total. The van der Waals surface area contributed by atoms with Crippen molar-refractivity contribution < 1.29 is 8.42 Å². The average molecular weight is 286 g/mol. The summed E-state index contributed by atoms with van der Waals surface area (Å²) in [5.41, 5.74) is 1.60. The normalized spacial score (nSPS) is 22.2. The first-order chi connectivity index (χ1) is 8.49. The van der Waals surface area contributed by atoms with Crippen LogP contribution in [0.15, 0.2) is 29.2 Å². The van der Waals surface area contributed by atoms with Crippen LogP contribution in [0.1, 0.15) is 25.7 Å². The Hall–Kier alpha value is -0.740. The molecule has 0 N–H and O–H groups in total. The largest absolute Gasteiger partial charge is 0.371 e. The van der Waals surface area contributed by atoms with Gasteiger partial charge in [0, 0.05) is 29.5 Å². The summed E-state index contributed by atoms with van der Waals surface area (Å²) in [5, 5.41) is 0. The molecule has 1 aliphatic carbocycles. The summed E-state index contributed by atoms with van der Waals surface area (Å²) >= 11 is 0. The molecule has 3 rings (SSSR count). The molecular weight excluding hydrogens is 270 g/mol. The van der Waals surface area contributed by atoms with Crippen molar-refractivity contribution in [2.75, 3.05) is 18.0 Å². The van der Waals surface area contributed by atoms with Gasteiger partial charge in [-0.3, -0.25) is 0 Å². The third-order valence-corrected chi connectivity index (χ3v) is 5.60. The SMILES string of the molecule is O=S(=O)(Cl)c1cccc(N2CCC3(CC2)CC3)c1. The number of rotatable bonds is 2. The summed E-state index contributed by atoms with van der Waals surface area (Å²) < 4.78 is 22.7. The van der Waals surface area contributed by atoms with Crippen LogP contribution >= 0.6 is 10.7 Å². The number of halogens is 1. The fourth-order valence-corrected chi connectivity index (χ4v) is 3.54. The molecule has 18 heavy (non-hydrogen) atoms. The van der Waals surface area contributed by atoms with Crippen molar-refractivity contribution in [3.63, 3.8) is 0 Å². The summed E-state index contributed by atoms with van der Waals surface area (Å²) in [4.78, 5) is 2.45. The molecule has 0 amide bonds. The predicted molar refractivity (Wildman–Crippen MR) is 72.6 cm³/mol. The Morgan fingerprint density at radius 1 is 1.11 bits per heavy atom. The number of hydrogen-bond acceptors (Lipinski definition) is 3. The molecule has 5 heteroatoms. The summed E-state index contributed by atoms with van der Waals surface area (Å²) in [6, 6.07) is 6.92. The van der Waals surface area contributed by atoms with Gasteiger partial charge >= 0.3 is 0 Å². The minimum absolute atomic E-state index is 0.188. The van der Waals surface area contributed by atoms with Crippen LogP contribution in [-0.2, 0) is 9.05 Å². The van der Waals surface area contributed by atoms with Crippen LogP contribution in [0.2, 0.25) is 0 Å². The molecule has 2 aliphatic rings. The van der Waals surface area contributed by atoms with Crippen molar-refractivity contribution in [3.05, 3.63) is 24.3 Å². The van der Waals surface area contributed by atoms with Gasteiger partial charge in [-0.15, -0.1) is 0 Å². The fraction of sp³-hybridized carbons (Fsp3) is 0.538. The van der Waals surface area contributed by atoms with Crippen LogP contribution in [0.3, 0.4) is 0 Å². The Morgan fingerprint density at radius 2 is 1.78 bits per heavy atom. The molecule has 1 saturated heterocycles. The summed E-state index contributed by atoms with van der Waals surface area (Å²) in [6.07, 6.45) is 5.20. The van der Waals surface area contributed by atoms with Crippen molar-refractivity contribution >= 4 is 25.4 Å². The van der Waals surface area contributed by atoms with Gasteiger partial charge in [0.15, 0.2) is 0 Å². The molecule has 1 spiro atoms. The Morgan fingerprint density at radius 3 is 2.33 bits per heavy atom. The topological polar surface area (TPSA) is 37.4 Å². The third-order valence-electron chi connectivity index (χ3n) is 4.25. The van der Waals surface area contributed by atoms with Crippen LogP contribution in [-0.4, -0.2) is 21.5 Å². The van der Waals surface area contributed by atoms with Crippen LogP contribution in [0.25, 0.3) is 0 Å². The van der Waals surface area contributed by atoms with E-state index in [1.165, 1.54) is 31.7 Å². The lowest BCUT2D eigenvalue weighted by molar-refractivity contribution is 0.384. The average Bonchev–Trinajstić information content (AvgIpc) is 3.09. The molecular formula is C13H16ClNO2S. The standard InChI is InChI=1S/C13H16ClNO2S/c14-18(16,17)12-3-1-2-11(10-12)15-8-6-13(4-5-13)7-9-15/h1-3,10H,4-9H2. The van der Waals surface area contributed by atoms with Crippen molar-refractivity contribution in [1.82, 2.24) is 0 Å². The lowest BCUT2D eigenvalue weighted by atomic mass is 9.93. The molecule has 0 unspecified atom stereocenters. The first kappa shape index (κ1) is 12.3. The second-order valence-electron chi connectivity index (χ2n) is 5.42.